The number of carbonyl (C=O) groups excluding carboxylic acids is 2. The SMILES string of the molecule is NC(=S)CNC(=O)C(=O)NC1CCS(=O)(=O)CC1. The van der Waals surface area contributed by atoms with Crippen LogP contribution in [0.15, 0.2) is 0 Å². The monoisotopic (exact) mass is 293 g/mol. The molecule has 18 heavy (non-hydrogen) atoms. The minimum Gasteiger partial charge on any atom is -0.392 e. The Morgan fingerprint density at radius 3 is 2.28 bits per heavy atom. The van der Waals surface area contributed by atoms with E-state index in [2.05, 4.69) is 22.9 Å². The topological polar surface area (TPSA) is 118 Å². The highest BCUT2D eigenvalue weighted by molar-refractivity contribution is 7.91. The number of nitrogens with one attached hydrogen (secondary N) is 2. The summed E-state index contributed by atoms with van der Waals surface area (Å²) < 4.78 is 22.3. The second-order valence-electron chi connectivity index (χ2n) is 4.05. The molecule has 0 aromatic rings. The Hall–Kier alpha value is -1.22. The minimum atomic E-state index is -2.98. The lowest BCUT2D eigenvalue weighted by atomic mass is 10.1. The van der Waals surface area contributed by atoms with Crippen molar-refractivity contribution < 1.29 is 18.0 Å². The van der Waals surface area contributed by atoms with Crippen LogP contribution in [0.1, 0.15) is 12.8 Å². The zero-order chi connectivity index (χ0) is 13.8. The van der Waals surface area contributed by atoms with Crippen molar-refractivity contribution in [3.63, 3.8) is 0 Å². The van der Waals surface area contributed by atoms with Crippen LogP contribution in [0.4, 0.5) is 0 Å². The van der Waals surface area contributed by atoms with Crippen LogP contribution in [0.3, 0.4) is 0 Å². The first-order chi connectivity index (χ1) is 8.30. The fraction of sp³-hybridized carbons (Fsp3) is 0.667. The Labute approximate surface area is 110 Å². The van der Waals surface area contributed by atoms with Crippen LogP contribution in [-0.2, 0) is 19.4 Å². The van der Waals surface area contributed by atoms with Gasteiger partial charge in [-0.2, -0.15) is 0 Å². The summed E-state index contributed by atoms with van der Waals surface area (Å²) in [6.45, 7) is -0.0410. The summed E-state index contributed by atoms with van der Waals surface area (Å²) in [6, 6.07) is -0.281. The lowest BCUT2D eigenvalue weighted by molar-refractivity contribution is -0.139. The average Bonchev–Trinajstić information content (AvgIpc) is 2.28. The molecule has 102 valence electrons. The summed E-state index contributed by atoms with van der Waals surface area (Å²) in [5, 5.41) is 4.73. The van der Waals surface area contributed by atoms with Crippen molar-refractivity contribution in [3.8, 4) is 0 Å². The van der Waals surface area contributed by atoms with Crippen molar-refractivity contribution in [1.82, 2.24) is 10.6 Å². The molecule has 0 aliphatic carbocycles. The molecule has 1 rings (SSSR count). The molecule has 0 aromatic carbocycles. The normalized spacial score (nSPS) is 18.9. The van der Waals surface area contributed by atoms with E-state index in [-0.39, 0.29) is 29.1 Å². The molecule has 0 unspecified atom stereocenters. The van der Waals surface area contributed by atoms with E-state index in [1.54, 1.807) is 0 Å². The molecule has 2 amide bonds. The molecule has 1 saturated heterocycles. The van der Waals surface area contributed by atoms with E-state index in [4.69, 9.17) is 5.73 Å². The molecule has 0 bridgehead atoms. The molecule has 7 nitrogen and oxygen atoms in total. The molecular formula is C9H15N3O4S2. The lowest BCUT2D eigenvalue weighted by Gasteiger charge is -2.22. The van der Waals surface area contributed by atoms with Crippen molar-refractivity contribution >= 4 is 38.9 Å². The quantitative estimate of drug-likeness (QED) is 0.412. The van der Waals surface area contributed by atoms with Gasteiger partial charge in [-0.25, -0.2) is 8.42 Å². The average molecular weight is 293 g/mol. The minimum absolute atomic E-state index is 0.0342. The van der Waals surface area contributed by atoms with E-state index < -0.39 is 21.7 Å². The summed E-state index contributed by atoms with van der Waals surface area (Å²) in [5.41, 5.74) is 5.17. The summed E-state index contributed by atoms with van der Waals surface area (Å²) in [5.74, 6) is -1.55. The molecular weight excluding hydrogens is 278 g/mol. The van der Waals surface area contributed by atoms with Crippen molar-refractivity contribution in [1.29, 1.82) is 0 Å². The molecule has 0 spiro atoms. The van der Waals surface area contributed by atoms with Gasteiger partial charge in [0.1, 0.15) is 9.84 Å². The first-order valence-corrected chi connectivity index (χ1v) is 7.60. The van der Waals surface area contributed by atoms with E-state index in [1.807, 2.05) is 0 Å². The van der Waals surface area contributed by atoms with E-state index in [0.717, 1.165) is 0 Å². The van der Waals surface area contributed by atoms with Gasteiger partial charge in [-0.05, 0) is 12.8 Å². The van der Waals surface area contributed by atoms with Gasteiger partial charge in [0.25, 0.3) is 0 Å². The number of hydrogen-bond acceptors (Lipinski definition) is 5. The van der Waals surface area contributed by atoms with Gasteiger partial charge in [-0.1, -0.05) is 12.2 Å². The number of rotatable bonds is 3. The van der Waals surface area contributed by atoms with Crippen LogP contribution < -0.4 is 16.4 Å². The lowest BCUT2D eigenvalue weighted by Crippen LogP contribution is -2.48. The van der Waals surface area contributed by atoms with Gasteiger partial charge in [0, 0.05) is 6.04 Å². The zero-order valence-electron chi connectivity index (χ0n) is 9.64. The van der Waals surface area contributed by atoms with Crippen LogP contribution in [0.2, 0.25) is 0 Å². The van der Waals surface area contributed by atoms with Gasteiger partial charge >= 0.3 is 11.8 Å². The van der Waals surface area contributed by atoms with Gasteiger partial charge in [0.15, 0.2) is 0 Å². The number of thiocarbonyl (C=S) groups is 1. The van der Waals surface area contributed by atoms with Gasteiger partial charge in [-0.15, -0.1) is 0 Å². The Morgan fingerprint density at radius 1 is 1.22 bits per heavy atom. The summed E-state index contributed by atoms with van der Waals surface area (Å²) >= 11 is 4.55. The predicted octanol–water partition coefficient (Wildman–Crippen LogP) is -1.92. The van der Waals surface area contributed by atoms with Crippen molar-refractivity contribution in [2.24, 2.45) is 5.73 Å². The zero-order valence-corrected chi connectivity index (χ0v) is 11.3. The molecule has 9 heteroatoms. The highest BCUT2D eigenvalue weighted by atomic mass is 32.2. The van der Waals surface area contributed by atoms with E-state index >= 15 is 0 Å². The number of sulfone groups is 1. The smallest absolute Gasteiger partial charge is 0.309 e. The van der Waals surface area contributed by atoms with Crippen LogP contribution in [0, 0.1) is 0 Å². The molecule has 0 aromatic heterocycles. The summed E-state index contributed by atoms with van der Waals surface area (Å²) in [4.78, 5) is 22.8. The third-order valence-corrected chi connectivity index (χ3v) is 4.38. The molecule has 1 heterocycles. The van der Waals surface area contributed by atoms with Crippen LogP contribution in [0.5, 0.6) is 0 Å². The van der Waals surface area contributed by atoms with Crippen molar-refractivity contribution in [2.45, 2.75) is 18.9 Å². The summed E-state index contributed by atoms with van der Waals surface area (Å²) in [6.07, 6.45) is 0.660. The predicted molar refractivity (Wildman–Crippen MR) is 69.6 cm³/mol. The highest BCUT2D eigenvalue weighted by Crippen LogP contribution is 2.11. The fourth-order valence-electron chi connectivity index (χ4n) is 1.53. The van der Waals surface area contributed by atoms with Crippen molar-refractivity contribution in [3.05, 3.63) is 0 Å². The fourth-order valence-corrected chi connectivity index (χ4v) is 3.10. The van der Waals surface area contributed by atoms with Gasteiger partial charge in [0.05, 0.1) is 23.0 Å². The molecule has 0 saturated carbocycles. The number of nitrogens with two attached hydrogens (primary N) is 1. The second kappa shape index (κ2) is 6.10. The van der Waals surface area contributed by atoms with Crippen LogP contribution >= 0.6 is 12.2 Å². The number of hydrogen-bond donors (Lipinski definition) is 3. The third-order valence-electron chi connectivity index (χ3n) is 2.52. The van der Waals surface area contributed by atoms with Gasteiger partial charge in [-0.3, -0.25) is 9.59 Å². The van der Waals surface area contributed by atoms with Crippen LogP contribution in [-0.4, -0.2) is 49.3 Å². The van der Waals surface area contributed by atoms with E-state index in [0.29, 0.717) is 12.8 Å². The second-order valence-corrected chi connectivity index (χ2v) is 6.88. The molecule has 0 atom stereocenters. The maximum absolute atomic E-state index is 11.4. The molecule has 1 aliphatic rings. The summed E-state index contributed by atoms with van der Waals surface area (Å²) in [7, 11) is -2.98. The Kier molecular flexibility index (Phi) is 5.03. The molecule has 0 radical (unpaired) electrons. The number of amides is 2. The van der Waals surface area contributed by atoms with Crippen LogP contribution in [0.25, 0.3) is 0 Å². The third kappa shape index (κ3) is 4.96. The maximum Gasteiger partial charge on any atom is 0.309 e. The largest absolute Gasteiger partial charge is 0.392 e. The van der Waals surface area contributed by atoms with Gasteiger partial charge in [0.2, 0.25) is 0 Å². The molecule has 4 N–H and O–H groups in total. The van der Waals surface area contributed by atoms with E-state index in [1.165, 1.54) is 0 Å². The first-order valence-electron chi connectivity index (χ1n) is 5.37. The Bertz CT molecular complexity index is 446. The number of carbonyl (C=O) groups is 2. The standard InChI is InChI=1S/C9H15N3O4S2/c10-7(17)5-11-8(13)9(14)12-6-1-3-18(15,16)4-2-6/h6H,1-5H2,(H2,10,17)(H,11,13)(H,12,14). The van der Waals surface area contributed by atoms with Crippen molar-refractivity contribution in [2.75, 3.05) is 18.1 Å². The maximum atomic E-state index is 11.4. The molecule has 1 fully saturated rings. The Morgan fingerprint density at radius 2 is 1.78 bits per heavy atom. The molecule has 1 aliphatic heterocycles. The Balaban J connectivity index is 2.37. The van der Waals surface area contributed by atoms with E-state index in [9.17, 15) is 18.0 Å². The van der Waals surface area contributed by atoms with Gasteiger partial charge < -0.3 is 16.4 Å². The highest BCUT2D eigenvalue weighted by Gasteiger charge is 2.26. The first kappa shape index (κ1) is 14.8.